The number of hydrogen-bond donors (Lipinski definition) is 0. The third kappa shape index (κ3) is 1.50. The van der Waals surface area contributed by atoms with Gasteiger partial charge in [0.15, 0.2) is 0 Å². The van der Waals surface area contributed by atoms with E-state index >= 15 is 0 Å². The van der Waals surface area contributed by atoms with Gasteiger partial charge in [-0.05, 0) is 20.4 Å². The maximum Gasteiger partial charge on any atom is 0.0620 e. The minimum atomic E-state index is 0.605. The second-order valence-electron chi connectivity index (χ2n) is 3.07. The summed E-state index contributed by atoms with van der Waals surface area (Å²) in [6, 6.07) is 1.21. The molecular weight excluding hydrogens is 126 g/mol. The number of rotatable bonds is 1. The summed E-state index contributed by atoms with van der Waals surface area (Å²) in [6.45, 7) is 9.60. The Bertz CT molecular complexity index is 95.4. The third-order valence-electron chi connectivity index (χ3n) is 2.22. The first-order chi connectivity index (χ1) is 4.75. The first-order valence-corrected chi connectivity index (χ1v) is 4.09. The summed E-state index contributed by atoms with van der Waals surface area (Å²) in [7, 11) is 0. The summed E-state index contributed by atoms with van der Waals surface area (Å²) in [5.41, 5.74) is 0. The normalized spacial score (nSPS) is 36.3. The Morgan fingerprint density at radius 3 is 2.10 bits per heavy atom. The van der Waals surface area contributed by atoms with E-state index in [1.807, 2.05) is 0 Å². The predicted molar refractivity (Wildman–Crippen MR) is 42.1 cm³/mol. The van der Waals surface area contributed by atoms with Gasteiger partial charge in [0.05, 0.1) is 13.2 Å². The van der Waals surface area contributed by atoms with Crippen molar-refractivity contribution in [2.75, 3.05) is 19.8 Å². The predicted octanol–water partition coefficient (Wildman–Crippen LogP) is 1.12. The van der Waals surface area contributed by atoms with Crippen LogP contribution in [0.1, 0.15) is 20.8 Å². The molecule has 0 bridgehead atoms. The molecule has 0 aliphatic carbocycles. The zero-order valence-corrected chi connectivity index (χ0v) is 7.13. The van der Waals surface area contributed by atoms with Crippen LogP contribution in [0.5, 0.6) is 0 Å². The molecule has 1 aliphatic heterocycles. The largest absolute Gasteiger partial charge is 0.378 e. The molecule has 0 radical (unpaired) electrons. The molecular formula is C8H17NO. The fourth-order valence-corrected chi connectivity index (χ4v) is 1.66. The first-order valence-electron chi connectivity index (χ1n) is 4.09. The lowest BCUT2D eigenvalue weighted by atomic mass is 10.2. The summed E-state index contributed by atoms with van der Waals surface area (Å²) in [5, 5.41) is 0. The molecule has 0 aromatic heterocycles. The Balaban J connectivity index is 2.45. The number of hydrogen-bond acceptors (Lipinski definition) is 2. The maximum absolute atomic E-state index is 5.38. The molecule has 1 fully saturated rings. The van der Waals surface area contributed by atoms with Crippen LogP contribution in [-0.4, -0.2) is 36.7 Å². The van der Waals surface area contributed by atoms with E-state index in [1.165, 1.54) is 0 Å². The molecule has 1 saturated heterocycles. The summed E-state index contributed by atoms with van der Waals surface area (Å²) in [4.78, 5) is 2.48. The smallest absolute Gasteiger partial charge is 0.0620 e. The van der Waals surface area contributed by atoms with Crippen LogP contribution in [0.4, 0.5) is 0 Å². The lowest BCUT2D eigenvalue weighted by Gasteiger charge is -2.37. The molecule has 0 aromatic carbocycles. The molecule has 2 nitrogen and oxygen atoms in total. The summed E-state index contributed by atoms with van der Waals surface area (Å²) < 4.78 is 5.38. The van der Waals surface area contributed by atoms with Gasteiger partial charge in [-0.1, -0.05) is 6.92 Å². The number of likely N-dealkylation sites (N-methyl/N-ethyl adjacent to an activating group) is 1. The van der Waals surface area contributed by atoms with Crippen LogP contribution < -0.4 is 0 Å². The topological polar surface area (TPSA) is 12.5 Å². The minimum absolute atomic E-state index is 0.605. The monoisotopic (exact) mass is 143 g/mol. The molecule has 0 saturated carbocycles. The van der Waals surface area contributed by atoms with Crippen LogP contribution >= 0.6 is 0 Å². The zero-order chi connectivity index (χ0) is 7.56. The van der Waals surface area contributed by atoms with Gasteiger partial charge in [-0.25, -0.2) is 0 Å². The van der Waals surface area contributed by atoms with Crippen molar-refractivity contribution in [3.05, 3.63) is 0 Å². The van der Waals surface area contributed by atoms with E-state index in [4.69, 9.17) is 4.74 Å². The zero-order valence-electron chi connectivity index (χ0n) is 7.13. The van der Waals surface area contributed by atoms with E-state index < -0.39 is 0 Å². The summed E-state index contributed by atoms with van der Waals surface area (Å²) >= 11 is 0. The van der Waals surface area contributed by atoms with E-state index in [-0.39, 0.29) is 0 Å². The first kappa shape index (κ1) is 8.02. The molecule has 0 amide bonds. The number of ether oxygens (including phenoxy) is 1. The maximum atomic E-state index is 5.38. The van der Waals surface area contributed by atoms with Crippen LogP contribution in [0.3, 0.4) is 0 Å². The van der Waals surface area contributed by atoms with Crippen molar-refractivity contribution in [3.8, 4) is 0 Å². The van der Waals surface area contributed by atoms with Crippen molar-refractivity contribution in [1.29, 1.82) is 0 Å². The highest BCUT2D eigenvalue weighted by molar-refractivity contribution is 4.75. The van der Waals surface area contributed by atoms with Gasteiger partial charge in [-0.15, -0.1) is 0 Å². The SMILES string of the molecule is CCN1C(C)COC[C@@H]1C. The second kappa shape index (κ2) is 3.35. The molecule has 1 rings (SSSR count). The van der Waals surface area contributed by atoms with Gasteiger partial charge < -0.3 is 4.74 Å². The van der Waals surface area contributed by atoms with Gasteiger partial charge in [0.1, 0.15) is 0 Å². The molecule has 0 spiro atoms. The van der Waals surface area contributed by atoms with Gasteiger partial charge in [-0.3, -0.25) is 4.90 Å². The highest BCUT2D eigenvalue weighted by Gasteiger charge is 2.22. The highest BCUT2D eigenvalue weighted by atomic mass is 16.5. The van der Waals surface area contributed by atoms with E-state index in [9.17, 15) is 0 Å². The fourth-order valence-electron chi connectivity index (χ4n) is 1.66. The summed E-state index contributed by atoms with van der Waals surface area (Å²) in [5.74, 6) is 0. The van der Waals surface area contributed by atoms with Crippen LogP contribution in [0.25, 0.3) is 0 Å². The van der Waals surface area contributed by atoms with Gasteiger partial charge >= 0.3 is 0 Å². The molecule has 0 aromatic rings. The van der Waals surface area contributed by atoms with E-state index in [0.29, 0.717) is 12.1 Å². The molecule has 2 atom stereocenters. The van der Waals surface area contributed by atoms with Gasteiger partial charge in [0.25, 0.3) is 0 Å². The molecule has 1 heterocycles. The summed E-state index contributed by atoms with van der Waals surface area (Å²) in [6.07, 6.45) is 0. The van der Waals surface area contributed by atoms with Crippen molar-refractivity contribution in [2.24, 2.45) is 0 Å². The Hall–Kier alpha value is -0.0800. The highest BCUT2D eigenvalue weighted by Crippen LogP contribution is 2.11. The number of morpholine rings is 1. The van der Waals surface area contributed by atoms with Crippen molar-refractivity contribution in [1.82, 2.24) is 4.90 Å². The van der Waals surface area contributed by atoms with Crippen LogP contribution in [0, 0.1) is 0 Å². The van der Waals surface area contributed by atoms with Crippen LogP contribution in [-0.2, 0) is 4.74 Å². The third-order valence-corrected chi connectivity index (χ3v) is 2.22. The fraction of sp³-hybridized carbons (Fsp3) is 1.00. The Morgan fingerprint density at radius 1 is 1.30 bits per heavy atom. The number of nitrogens with zero attached hydrogens (tertiary/aromatic N) is 1. The average molecular weight is 143 g/mol. The molecule has 60 valence electrons. The molecule has 2 heteroatoms. The molecule has 1 unspecified atom stereocenters. The average Bonchev–Trinajstić information content (AvgIpc) is 1.88. The lowest BCUT2D eigenvalue weighted by molar-refractivity contribution is -0.0338. The van der Waals surface area contributed by atoms with Gasteiger partial charge in [0, 0.05) is 12.1 Å². The van der Waals surface area contributed by atoms with Crippen LogP contribution in [0.15, 0.2) is 0 Å². The molecule has 10 heavy (non-hydrogen) atoms. The molecule has 1 aliphatic rings. The van der Waals surface area contributed by atoms with E-state index in [0.717, 1.165) is 19.8 Å². The standard InChI is InChI=1S/C8H17NO/c1-4-9-7(2)5-10-6-8(9)3/h7-8H,4-6H2,1-3H3/t7-,8?/m0/s1. The van der Waals surface area contributed by atoms with Crippen molar-refractivity contribution < 1.29 is 4.74 Å². The van der Waals surface area contributed by atoms with Crippen molar-refractivity contribution >= 4 is 0 Å². The minimum Gasteiger partial charge on any atom is -0.378 e. The van der Waals surface area contributed by atoms with E-state index in [2.05, 4.69) is 25.7 Å². The van der Waals surface area contributed by atoms with Gasteiger partial charge in [-0.2, -0.15) is 0 Å². The second-order valence-corrected chi connectivity index (χ2v) is 3.07. The van der Waals surface area contributed by atoms with E-state index in [1.54, 1.807) is 0 Å². The molecule has 0 N–H and O–H groups in total. The Kier molecular flexibility index (Phi) is 2.69. The Morgan fingerprint density at radius 2 is 1.80 bits per heavy atom. The van der Waals surface area contributed by atoms with Crippen LogP contribution in [0.2, 0.25) is 0 Å². The lowest BCUT2D eigenvalue weighted by Crippen LogP contribution is -2.49. The van der Waals surface area contributed by atoms with Crippen molar-refractivity contribution in [2.45, 2.75) is 32.9 Å². The quantitative estimate of drug-likeness (QED) is 0.545. The van der Waals surface area contributed by atoms with Crippen molar-refractivity contribution in [3.63, 3.8) is 0 Å². The van der Waals surface area contributed by atoms with Gasteiger partial charge in [0.2, 0.25) is 0 Å². The Labute approximate surface area is 63.2 Å².